The van der Waals surface area contributed by atoms with Gasteiger partial charge < -0.3 is 19.8 Å². The number of aromatic nitrogens is 6. The molecular formula is C25H24N8O2. The van der Waals surface area contributed by atoms with E-state index in [0.717, 1.165) is 49.6 Å². The van der Waals surface area contributed by atoms with Gasteiger partial charge in [-0.2, -0.15) is 10.1 Å². The van der Waals surface area contributed by atoms with Crippen LogP contribution in [0.4, 0.5) is 11.5 Å². The van der Waals surface area contributed by atoms with E-state index in [0.29, 0.717) is 23.1 Å². The Morgan fingerprint density at radius 1 is 1.03 bits per heavy atom. The minimum atomic E-state index is 0.253. The Morgan fingerprint density at radius 3 is 2.80 bits per heavy atom. The Hall–Kier alpha value is -4.28. The largest absolute Gasteiger partial charge is 0.424 e. The number of anilines is 2. The third kappa shape index (κ3) is 4.84. The van der Waals surface area contributed by atoms with E-state index in [1.165, 1.54) is 5.56 Å². The fraction of sp³-hybridized carbons (Fsp3) is 0.200. The molecule has 0 spiro atoms. The second-order valence-corrected chi connectivity index (χ2v) is 8.24. The lowest BCUT2D eigenvalue weighted by molar-refractivity contribution is 0.0342. The van der Waals surface area contributed by atoms with Gasteiger partial charge in [0.1, 0.15) is 11.6 Å². The Labute approximate surface area is 201 Å². The molecule has 3 N–H and O–H groups in total. The van der Waals surface area contributed by atoms with Crippen LogP contribution in [0.15, 0.2) is 67.0 Å². The number of morpholine rings is 1. The molecule has 5 aromatic rings. The SMILES string of the molecule is c1ccc(Oc2nccc(Nc3c[nH]nc3-c3nc4cc(CN5CCOCC5)ccc4[nH]3)n2)cc1. The summed E-state index contributed by atoms with van der Waals surface area (Å²) in [6.07, 6.45) is 3.41. The summed E-state index contributed by atoms with van der Waals surface area (Å²) in [5.74, 6) is 1.92. The van der Waals surface area contributed by atoms with Crippen molar-refractivity contribution >= 4 is 22.5 Å². The number of H-pyrrole nitrogens is 2. The summed E-state index contributed by atoms with van der Waals surface area (Å²) in [5, 5.41) is 10.6. The van der Waals surface area contributed by atoms with Gasteiger partial charge in [-0.15, -0.1) is 0 Å². The van der Waals surface area contributed by atoms with Gasteiger partial charge in [-0.3, -0.25) is 10.00 Å². The van der Waals surface area contributed by atoms with Gasteiger partial charge in [-0.05, 0) is 35.9 Å². The van der Waals surface area contributed by atoms with Crippen LogP contribution in [0.3, 0.4) is 0 Å². The number of benzene rings is 2. The number of rotatable bonds is 7. The average molecular weight is 469 g/mol. The van der Waals surface area contributed by atoms with E-state index < -0.39 is 0 Å². The van der Waals surface area contributed by atoms with Crippen molar-refractivity contribution in [3.05, 3.63) is 72.6 Å². The number of fused-ring (bicyclic) bond motifs is 1. The number of ether oxygens (including phenoxy) is 2. The lowest BCUT2D eigenvalue weighted by atomic mass is 10.2. The molecule has 0 unspecified atom stereocenters. The molecule has 2 aromatic carbocycles. The monoisotopic (exact) mass is 468 g/mol. The number of imidazole rings is 1. The van der Waals surface area contributed by atoms with E-state index in [2.05, 4.69) is 53.6 Å². The molecule has 0 bridgehead atoms. The van der Waals surface area contributed by atoms with E-state index in [-0.39, 0.29) is 6.01 Å². The molecule has 1 aliphatic heterocycles. The molecular weight excluding hydrogens is 444 g/mol. The van der Waals surface area contributed by atoms with Crippen molar-refractivity contribution in [1.82, 2.24) is 35.0 Å². The van der Waals surface area contributed by atoms with Crippen molar-refractivity contribution in [2.75, 3.05) is 31.6 Å². The number of aromatic amines is 2. The zero-order chi connectivity index (χ0) is 23.5. The van der Waals surface area contributed by atoms with Gasteiger partial charge >= 0.3 is 6.01 Å². The maximum absolute atomic E-state index is 5.74. The first kappa shape index (κ1) is 21.3. The molecule has 1 fully saturated rings. The van der Waals surface area contributed by atoms with Crippen molar-refractivity contribution in [1.29, 1.82) is 0 Å². The number of hydrogen-bond donors (Lipinski definition) is 3. The molecule has 10 nitrogen and oxygen atoms in total. The lowest BCUT2D eigenvalue weighted by Gasteiger charge is -2.26. The highest BCUT2D eigenvalue weighted by molar-refractivity contribution is 5.82. The second kappa shape index (κ2) is 9.53. The zero-order valence-electron chi connectivity index (χ0n) is 18.9. The van der Waals surface area contributed by atoms with Crippen LogP contribution in [0.25, 0.3) is 22.6 Å². The molecule has 176 valence electrons. The van der Waals surface area contributed by atoms with Gasteiger partial charge in [0.15, 0.2) is 11.5 Å². The molecule has 35 heavy (non-hydrogen) atoms. The lowest BCUT2D eigenvalue weighted by Crippen LogP contribution is -2.35. The smallest absolute Gasteiger partial charge is 0.323 e. The normalized spacial score (nSPS) is 14.3. The molecule has 1 saturated heterocycles. The highest BCUT2D eigenvalue weighted by atomic mass is 16.5. The maximum Gasteiger partial charge on any atom is 0.323 e. The predicted octanol–water partition coefficient (Wildman–Crippen LogP) is 4.11. The zero-order valence-corrected chi connectivity index (χ0v) is 18.9. The maximum atomic E-state index is 5.74. The predicted molar refractivity (Wildman–Crippen MR) is 132 cm³/mol. The van der Waals surface area contributed by atoms with Gasteiger partial charge in [0, 0.05) is 32.0 Å². The molecule has 1 aliphatic rings. The van der Waals surface area contributed by atoms with Crippen LogP contribution in [0, 0.1) is 0 Å². The van der Waals surface area contributed by atoms with Crippen molar-refractivity contribution in [2.24, 2.45) is 0 Å². The molecule has 0 saturated carbocycles. The summed E-state index contributed by atoms with van der Waals surface area (Å²) in [5.41, 5.74) is 4.49. The standard InChI is InChI=1S/C25H24N8O2/c1-2-4-18(5-3-1)35-25-26-9-8-22(31-25)28-21-15-27-32-23(21)24-29-19-7-6-17(14-20(19)30-24)16-33-10-12-34-13-11-33/h1-9,14-15H,10-13,16H2,(H,27,32)(H,29,30)(H,26,28,31). The Kier molecular flexibility index (Phi) is 5.79. The van der Waals surface area contributed by atoms with Crippen molar-refractivity contribution in [2.45, 2.75) is 6.54 Å². The van der Waals surface area contributed by atoms with Crippen LogP contribution in [-0.4, -0.2) is 61.3 Å². The van der Waals surface area contributed by atoms with Crippen molar-refractivity contribution in [3.63, 3.8) is 0 Å². The van der Waals surface area contributed by atoms with Crippen LogP contribution in [0.2, 0.25) is 0 Å². The van der Waals surface area contributed by atoms with Crippen LogP contribution in [0.5, 0.6) is 11.8 Å². The minimum Gasteiger partial charge on any atom is -0.424 e. The molecule has 0 atom stereocenters. The van der Waals surface area contributed by atoms with Crippen LogP contribution in [-0.2, 0) is 11.3 Å². The molecule has 4 heterocycles. The first-order chi connectivity index (χ1) is 17.3. The number of nitrogens with one attached hydrogen (secondary N) is 3. The molecule has 0 radical (unpaired) electrons. The van der Waals surface area contributed by atoms with Gasteiger partial charge in [0.25, 0.3) is 0 Å². The molecule has 6 rings (SSSR count). The summed E-state index contributed by atoms with van der Waals surface area (Å²) >= 11 is 0. The summed E-state index contributed by atoms with van der Waals surface area (Å²) < 4.78 is 11.2. The van der Waals surface area contributed by atoms with Crippen LogP contribution in [0.1, 0.15) is 5.56 Å². The summed E-state index contributed by atoms with van der Waals surface area (Å²) in [7, 11) is 0. The molecule has 10 heteroatoms. The van der Waals surface area contributed by atoms with Crippen LogP contribution >= 0.6 is 0 Å². The van der Waals surface area contributed by atoms with E-state index in [4.69, 9.17) is 14.5 Å². The first-order valence-electron chi connectivity index (χ1n) is 11.5. The summed E-state index contributed by atoms with van der Waals surface area (Å²) in [6, 6.07) is 17.8. The minimum absolute atomic E-state index is 0.253. The number of hydrogen-bond acceptors (Lipinski definition) is 8. The summed E-state index contributed by atoms with van der Waals surface area (Å²) in [4.78, 5) is 19.2. The van der Waals surface area contributed by atoms with E-state index in [9.17, 15) is 0 Å². The highest BCUT2D eigenvalue weighted by Gasteiger charge is 2.16. The molecule has 0 amide bonds. The van der Waals surface area contributed by atoms with E-state index in [1.807, 2.05) is 30.3 Å². The van der Waals surface area contributed by atoms with Crippen molar-refractivity contribution in [3.8, 4) is 23.3 Å². The quantitative estimate of drug-likeness (QED) is 0.327. The Balaban J connectivity index is 1.21. The summed E-state index contributed by atoms with van der Waals surface area (Å²) in [6.45, 7) is 4.37. The molecule has 0 aliphatic carbocycles. The van der Waals surface area contributed by atoms with Gasteiger partial charge in [0.05, 0.1) is 29.9 Å². The Bertz CT molecular complexity index is 1430. The third-order valence-corrected chi connectivity index (χ3v) is 5.77. The van der Waals surface area contributed by atoms with E-state index >= 15 is 0 Å². The Morgan fingerprint density at radius 2 is 1.91 bits per heavy atom. The fourth-order valence-corrected chi connectivity index (χ4v) is 4.04. The first-order valence-corrected chi connectivity index (χ1v) is 11.5. The van der Waals surface area contributed by atoms with E-state index in [1.54, 1.807) is 18.5 Å². The van der Waals surface area contributed by atoms with Crippen LogP contribution < -0.4 is 10.1 Å². The van der Waals surface area contributed by atoms with Gasteiger partial charge in [0.2, 0.25) is 0 Å². The topological polar surface area (TPSA) is 117 Å². The van der Waals surface area contributed by atoms with Gasteiger partial charge in [-0.1, -0.05) is 24.3 Å². The van der Waals surface area contributed by atoms with Crippen molar-refractivity contribution < 1.29 is 9.47 Å². The second-order valence-electron chi connectivity index (χ2n) is 8.24. The molecule has 3 aromatic heterocycles. The number of para-hydroxylation sites is 1. The van der Waals surface area contributed by atoms with Gasteiger partial charge in [-0.25, -0.2) is 9.97 Å². The third-order valence-electron chi connectivity index (χ3n) is 5.77. The average Bonchev–Trinajstić information content (AvgIpc) is 3.52. The highest BCUT2D eigenvalue weighted by Crippen LogP contribution is 2.28. The fourth-order valence-electron chi connectivity index (χ4n) is 4.04. The number of nitrogens with zero attached hydrogens (tertiary/aromatic N) is 5.